The molecule has 192 valence electrons. The van der Waals surface area contributed by atoms with Gasteiger partial charge in [-0.05, 0) is 67.4 Å². The summed E-state index contributed by atoms with van der Waals surface area (Å²) in [7, 11) is 0. The molecule has 0 saturated carbocycles. The number of rotatable bonds is 5. The summed E-state index contributed by atoms with van der Waals surface area (Å²) < 4.78 is 11.9. The summed E-state index contributed by atoms with van der Waals surface area (Å²) in [6.45, 7) is 3.15. The summed E-state index contributed by atoms with van der Waals surface area (Å²) in [6.07, 6.45) is 4.49. The zero-order valence-corrected chi connectivity index (χ0v) is 22.3. The lowest BCUT2D eigenvalue weighted by Gasteiger charge is -2.42. The number of aromatic nitrogens is 2. The number of Topliss-reactive ketones (excluding diaryl/α,β-unsaturated/α-hetero) is 1. The van der Waals surface area contributed by atoms with E-state index in [-0.39, 0.29) is 0 Å². The van der Waals surface area contributed by atoms with Crippen molar-refractivity contribution in [1.29, 1.82) is 0 Å². The van der Waals surface area contributed by atoms with Crippen LogP contribution in [0.4, 0.5) is 0 Å². The average molecular weight is 547 g/mol. The second-order valence-corrected chi connectivity index (χ2v) is 11.3. The number of nitrogens with zero attached hydrogens (tertiary/aromatic N) is 2. The van der Waals surface area contributed by atoms with E-state index in [9.17, 15) is 9.90 Å². The first kappa shape index (κ1) is 24.9. The molecular weight excluding hydrogens is 523 g/mol. The van der Waals surface area contributed by atoms with Crippen LogP contribution in [0.25, 0.3) is 0 Å². The largest absolute Gasteiger partial charge is 0.438 e. The van der Waals surface area contributed by atoms with Gasteiger partial charge in [-0.3, -0.25) is 4.79 Å². The predicted octanol–water partition coefficient (Wildman–Crippen LogP) is 6.56. The number of hydrogen-bond acceptors (Lipinski definition) is 6. The van der Waals surface area contributed by atoms with E-state index in [0.29, 0.717) is 47.2 Å². The molecule has 38 heavy (non-hydrogen) atoms. The quantitative estimate of drug-likeness (QED) is 0.194. The highest BCUT2D eigenvalue weighted by Gasteiger charge is 2.55. The molecule has 0 bridgehead atoms. The number of alkyl halides is 2. The van der Waals surface area contributed by atoms with E-state index in [4.69, 9.17) is 32.7 Å². The Kier molecular flexibility index (Phi) is 5.94. The van der Waals surface area contributed by atoms with Gasteiger partial charge in [0.2, 0.25) is 11.8 Å². The summed E-state index contributed by atoms with van der Waals surface area (Å²) in [4.78, 5) is 20.7. The number of ketones is 1. The molecule has 0 saturated heterocycles. The van der Waals surface area contributed by atoms with Crippen LogP contribution in [0.5, 0.6) is 23.3 Å². The number of hydrogen-bond donors (Lipinski definition) is 1. The SMILES string of the molecule is CC(Cl)C(O)(c1ccc2c(c1)Cc1cccnc1O2)C(C)(Cl)C(=O)c1ccc2c(c1)Cc1cccnc1O2. The summed E-state index contributed by atoms with van der Waals surface area (Å²) in [5.41, 5.74) is 2.42. The first-order valence-corrected chi connectivity index (χ1v) is 13.1. The van der Waals surface area contributed by atoms with E-state index < -0.39 is 21.6 Å². The highest BCUT2D eigenvalue weighted by molar-refractivity contribution is 6.39. The van der Waals surface area contributed by atoms with Crippen LogP contribution in [0.3, 0.4) is 0 Å². The number of carbonyl (C=O) groups is 1. The fourth-order valence-corrected chi connectivity index (χ4v) is 6.03. The van der Waals surface area contributed by atoms with Crippen molar-refractivity contribution in [1.82, 2.24) is 9.97 Å². The lowest BCUT2D eigenvalue weighted by Crippen LogP contribution is -2.55. The molecule has 0 radical (unpaired) electrons. The van der Waals surface area contributed by atoms with Gasteiger partial charge in [0.1, 0.15) is 22.0 Å². The zero-order valence-electron chi connectivity index (χ0n) is 20.7. The lowest BCUT2D eigenvalue weighted by atomic mass is 9.74. The van der Waals surface area contributed by atoms with E-state index in [1.54, 1.807) is 49.6 Å². The van der Waals surface area contributed by atoms with Gasteiger partial charge in [0.15, 0.2) is 5.78 Å². The van der Waals surface area contributed by atoms with Crippen LogP contribution in [-0.4, -0.2) is 31.1 Å². The molecule has 8 heteroatoms. The van der Waals surface area contributed by atoms with Crippen LogP contribution < -0.4 is 9.47 Å². The summed E-state index contributed by atoms with van der Waals surface area (Å²) >= 11 is 13.6. The maximum Gasteiger partial charge on any atom is 0.222 e. The maximum atomic E-state index is 13.9. The molecule has 1 N–H and O–H groups in total. The van der Waals surface area contributed by atoms with Gasteiger partial charge in [-0.25, -0.2) is 9.97 Å². The van der Waals surface area contributed by atoms with Crippen molar-refractivity contribution < 1.29 is 19.4 Å². The minimum atomic E-state index is -1.90. The van der Waals surface area contributed by atoms with Gasteiger partial charge in [-0.1, -0.05) is 18.2 Å². The molecule has 2 aromatic carbocycles. The Balaban J connectivity index is 1.35. The van der Waals surface area contributed by atoms with Crippen LogP contribution >= 0.6 is 23.2 Å². The number of halogens is 2. The second-order valence-electron chi connectivity index (χ2n) is 9.85. The second kappa shape index (κ2) is 9.09. The molecule has 0 aliphatic carbocycles. The fraction of sp³-hybridized carbons (Fsp3) is 0.233. The standard InChI is InChI=1S/C30H24Cl2N2O4/c1-17(31)30(36,23-8-10-25-22(16-23)15-20-6-4-12-34-28(20)38-25)29(2,32)26(35)18-7-9-24-21(13-18)14-19-5-3-11-33-27(19)37-24/h3-13,16-17,36H,14-15H2,1-2H3. The van der Waals surface area contributed by atoms with Crippen molar-refractivity contribution in [2.75, 3.05) is 0 Å². The topological polar surface area (TPSA) is 81.5 Å². The normalized spacial score (nSPS) is 17.2. The molecule has 6 nitrogen and oxygen atoms in total. The van der Waals surface area contributed by atoms with Crippen molar-refractivity contribution in [3.63, 3.8) is 0 Å². The molecule has 2 aliphatic rings. The fourth-order valence-electron chi connectivity index (χ4n) is 5.25. The maximum absolute atomic E-state index is 13.9. The Morgan fingerprint density at radius 3 is 2.03 bits per heavy atom. The lowest BCUT2D eigenvalue weighted by molar-refractivity contribution is 0.00185. The zero-order chi connectivity index (χ0) is 26.7. The van der Waals surface area contributed by atoms with E-state index in [2.05, 4.69) is 9.97 Å². The third-order valence-corrected chi connectivity index (χ3v) is 8.19. The number of carbonyl (C=O) groups excluding carboxylic acids is 1. The van der Waals surface area contributed by atoms with Gasteiger partial charge >= 0.3 is 0 Å². The van der Waals surface area contributed by atoms with Gasteiger partial charge in [0, 0.05) is 47.5 Å². The Morgan fingerprint density at radius 2 is 1.45 bits per heavy atom. The van der Waals surface area contributed by atoms with Gasteiger partial charge in [0.05, 0.1) is 5.38 Å². The van der Waals surface area contributed by atoms with Gasteiger partial charge in [0.25, 0.3) is 0 Å². The van der Waals surface area contributed by atoms with Crippen molar-refractivity contribution in [2.24, 2.45) is 0 Å². The number of pyridine rings is 2. The first-order valence-electron chi connectivity index (χ1n) is 12.3. The van der Waals surface area contributed by atoms with Crippen LogP contribution in [0.15, 0.2) is 73.1 Å². The highest BCUT2D eigenvalue weighted by atomic mass is 35.5. The van der Waals surface area contributed by atoms with Crippen LogP contribution in [-0.2, 0) is 18.4 Å². The molecule has 2 aromatic heterocycles. The Labute approximate surface area is 230 Å². The van der Waals surface area contributed by atoms with Crippen LogP contribution in [0.1, 0.15) is 52.0 Å². The van der Waals surface area contributed by atoms with Crippen molar-refractivity contribution >= 4 is 29.0 Å². The third-order valence-electron chi connectivity index (χ3n) is 7.42. The van der Waals surface area contributed by atoms with E-state index >= 15 is 0 Å². The molecule has 0 amide bonds. The Hall–Kier alpha value is -3.45. The van der Waals surface area contributed by atoms with E-state index in [1.165, 1.54) is 6.92 Å². The minimum Gasteiger partial charge on any atom is -0.438 e. The molecule has 0 fully saturated rings. The summed E-state index contributed by atoms with van der Waals surface area (Å²) in [5.74, 6) is 1.94. The molecular formula is C30H24Cl2N2O4. The monoisotopic (exact) mass is 546 g/mol. The van der Waals surface area contributed by atoms with Crippen molar-refractivity contribution in [2.45, 2.75) is 42.5 Å². The molecule has 4 heterocycles. The van der Waals surface area contributed by atoms with Gasteiger partial charge in [-0.2, -0.15) is 0 Å². The number of benzene rings is 2. The number of aliphatic hydroxyl groups is 1. The van der Waals surface area contributed by atoms with E-state index in [0.717, 1.165) is 22.3 Å². The van der Waals surface area contributed by atoms with E-state index in [1.807, 2.05) is 30.3 Å². The average Bonchev–Trinajstić information content (AvgIpc) is 2.93. The number of fused-ring (bicyclic) bond motifs is 4. The van der Waals surface area contributed by atoms with Crippen molar-refractivity contribution in [3.05, 3.63) is 106 Å². The minimum absolute atomic E-state index is 0.356. The molecule has 2 aliphatic heterocycles. The van der Waals surface area contributed by atoms with Crippen LogP contribution in [0.2, 0.25) is 0 Å². The van der Waals surface area contributed by atoms with Crippen LogP contribution in [0, 0.1) is 0 Å². The van der Waals surface area contributed by atoms with Gasteiger partial charge < -0.3 is 14.6 Å². The highest BCUT2D eigenvalue weighted by Crippen LogP contribution is 2.47. The smallest absolute Gasteiger partial charge is 0.222 e. The number of ether oxygens (including phenoxy) is 2. The first-order chi connectivity index (χ1) is 18.2. The summed E-state index contributed by atoms with van der Waals surface area (Å²) in [6, 6.07) is 18.0. The Morgan fingerprint density at radius 1 is 0.895 bits per heavy atom. The molecule has 6 rings (SSSR count). The third kappa shape index (κ3) is 3.87. The van der Waals surface area contributed by atoms with Gasteiger partial charge in [-0.15, -0.1) is 23.2 Å². The van der Waals surface area contributed by atoms with Crippen molar-refractivity contribution in [3.8, 4) is 23.3 Å². The predicted molar refractivity (Wildman–Crippen MR) is 145 cm³/mol. The molecule has 0 spiro atoms. The molecule has 3 atom stereocenters. The molecule has 3 unspecified atom stereocenters. The summed E-state index contributed by atoms with van der Waals surface area (Å²) in [5, 5.41) is 11.2. The molecule has 4 aromatic rings. The Bertz CT molecular complexity index is 1590.